The number of rotatable bonds is 6. The van der Waals surface area contributed by atoms with Crippen LogP contribution in [0.15, 0.2) is 46.7 Å². The van der Waals surface area contributed by atoms with Crippen LogP contribution < -0.4 is 10.5 Å². The number of aromatic nitrogens is 3. The summed E-state index contributed by atoms with van der Waals surface area (Å²) in [6.07, 6.45) is 3.85. The van der Waals surface area contributed by atoms with E-state index in [1.807, 2.05) is 11.4 Å². The van der Waals surface area contributed by atoms with E-state index in [2.05, 4.69) is 43.5 Å². The van der Waals surface area contributed by atoms with Crippen molar-refractivity contribution >= 4 is 48.9 Å². The normalized spacial score (nSPS) is 15.5. The van der Waals surface area contributed by atoms with Gasteiger partial charge in [0.1, 0.15) is 10.5 Å². The van der Waals surface area contributed by atoms with E-state index in [-0.39, 0.29) is 5.56 Å². The van der Waals surface area contributed by atoms with Crippen molar-refractivity contribution in [2.24, 2.45) is 0 Å². The van der Waals surface area contributed by atoms with Gasteiger partial charge in [-0.2, -0.15) is 9.47 Å². The van der Waals surface area contributed by atoms with Gasteiger partial charge >= 0.3 is 0 Å². The molecule has 5 rings (SSSR count). The lowest BCUT2D eigenvalue weighted by molar-refractivity contribution is 0.250. The lowest BCUT2D eigenvalue weighted by Gasteiger charge is -2.35. The Bertz CT molecular complexity index is 1170. The molecule has 0 saturated carbocycles. The Labute approximate surface area is 177 Å². The lowest BCUT2D eigenvalue weighted by Crippen LogP contribution is -2.46. The summed E-state index contributed by atoms with van der Waals surface area (Å²) >= 11 is 3.09. The van der Waals surface area contributed by atoms with Crippen LogP contribution in [0, 0.1) is 0 Å². The number of nitrogens with zero attached hydrogens (tertiary/aromatic N) is 5. The number of fused-ring (bicyclic) bond motifs is 2. The molecule has 0 aliphatic carbocycles. The molecule has 3 aromatic heterocycles. The molecule has 0 amide bonds. The maximum atomic E-state index is 12.4. The highest BCUT2D eigenvalue weighted by molar-refractivity contribution is 7.17. The predicted molar refractivity (Wildman–Crippen MR) is 121 cm³/mol. The first-order valence-corrected chi connectivity index (χ1v) is 11.7. The van der Waals surface area contributed by atoms with Gasteiger partial charge in [-0.05, 0) is 54.5 Å². The minimum absolute atomic E-state index is 0.0432. The minimum Gasteiger partial charge on any atom is -0.353 e. The Hall–Kier alpha value is -2.29. The smallest absolute Gasteiger partial charge is 0.284 e. The Morgan fingerprint density at radius 3 is 2.72 bits per heavy atom. The molecular weight excluding hydrogens is 402 g/mol. The Morgan fingerprint density at radius 2 is 1.83 bits per heavy atom. The van der Waals surface area contributed by atoms with Crippen molar-refractivity contribution in [3.63, 3.8) is 0 Å². The highest BCUT2D eigenvalue weighted by atomic mass is 32.1. The number of anilines is 1. The number of hydrogen-bond acceptors (Lipinski definition) is 7. The van der Waals surface area contributed by atoms with Crippen LogP contribution in [-0.4, -0.2) is 51.8 Å². The van der Waals surface area contributed by atoms with Crippen LogP contribution in [0.5, 0.6) is 0 Å². The van der Waals surface area contributed by atoms with Gasteiger partial charge in [0.15, 0.2) is 0 Å². The second-order valence-corrected chi connectivity index (χ2v) is 9.14. The zero-order chi connectivity index (χ0) is 19.6. The molecule has 29 heavy (non-hydrogen) atoms. The fourth-order valence-electron chi connectivity index (χ4n) is 3.94. The summed E-state index contributed by atoms with van der Waals surface area (Å²) in [4.78, 5) is 17.3. The molecule has 0 unspecified atom stereocenters. The van der Waals surface area contributed by atoms with Crippen molar-refractivity contribution in [3.8, 4) is 0 Å². The van der Waals surface area contributed by atoms with Crippen LogP contribution in [0.4, 0.5) is 5.82 Å². The third-order valence-electron chi connectivity index (χ3n) is 5.59. The standard InChI is InChI=1S/C21H23N5OS2/c27-21-19-16(7-14-28-19)15-22-26(21)9-4-3-8-24-10-12-25(13-11-24)20-17-5-1-2-6-18(17)29-23-20/h1-2,5-7,14-15H,3-4,8-13H2. The third kappa shape index (κ3) is 3.80. The fraction of sp³-hybridized carbons (Fsp3) is 0.381. The van der Waals surface area contributed by atoms with Crippen molar-refractivity contribution in [3.05, 3.63) is 52.3 Å². The van der Waals surface area contributed by atoms with E-state index < -0.39 is 0 Å². The summed E-state index contributed by atoms with van der Waals surface area (Å²) in [6, 6.07) is 10.4. The Kier molecular flexibility index (Phi) is 5.30. The van der Waals surface area contributed by atoms with Gasteiger partial charge in [-0.3, -0.25) is 9.69 Å². The van der Waals surface area contributed by atoms with Crippen LogP contribution in [-0.2, 0) is 6.54 Å². The summed E-state index contributed by atoms with van der Waals surface area (Å²) in [5, 5.41) is 8.48. The Balaban J connectivity index is 1.11. The zero-order valence-electron chi connectivity index (χ0n) is 16.2. The van der Waals surface area contributed by atoms with Crippen molar-refractivity contribution in [1.82, 2.24) is 19.1 Å². The van der Waals surface area contributed by atoms with Crippen molar-refractivity contribution < 1.29 is 0 Å². The average molecular weight is 426 g/mol. The average Bonchev–Trinajstić information content (AvgIpc) is 3.41. The SMILES string of the molecule is O=c1c2sccc2cnn1CCCCN1CCN(c2nsc3ccccc23)CC1. The maximum absolute atomic E-state index is 12.4. The van der Waals surface area contributed by atoms with Crippen LogP contribution in [0.25, 0.3) is 20.2 Å². The molecule has 8 heteroatoms. The van der Waals surface area contributed by atoms with Gasteiger partial charge in [0.2, 0.25) is 0 Å². The summed E-state index contributed by atoms with van der Waals surface area (Å²) in [5.41, 5.74) is 0.0432. The van der Waals surface area contributed by atoms with Gasteiger partial charge in [-0.15, -0.1) is 11.3 Å². The number of benzene rings is 1. The molecule has 0 radical (unpaired) electrons. The van der Waals surface area contributed by atoms with E-state index in [0.29, 0.717) is 6.54 Å². The van der Waals surface area contributed by atoms with Gasteiger partial charge in [-0.1, -0.05) is 12.1 Å². The van der Waals surface area contributed by atoms with E-state index in [9.17, 15) is 4.79 Å². The first-order chi connectivity index (χ1) is 14.3. The van der Waals surface area contributed by atoms with Gasteiger partial charge in [0.25, 0.3) is 5.56 Å². The van der Waals surface area contributed by atoms with Crippen LogP contribution in [0.3, 0.4) is 0 Å². The molecular formula is C21H23N5OS2. The molecule has 1 fully saturated rings. The molecule has 0 atom stereocenters. The van der Waals surface area contributed by atoms with Crippen molar-refractivity contribution in [1.29, 1.82) is 0 Å². The molecule has 6 nitrogen and oxygen atoms in total. The zero-order valence-corrected chi connectivity index (χ0v) is 17.8. The maximum Gasteiger partial charge on any atom is 0.284 e. The molecule has 1 aliphatic rings. The van der Waals surface area contributed by atoms with Gasteiger partial charge in [-0.25, -0.2) is 4.68 Å². The third-order valence-corrected chi connectivity index (χ3v) is 7.32. The van der Waals surface area contributed by atoms with Gasteiger partial charge in [0.05, 0.1) is 10.9 Å². The molecule has 4 aromatic rings. The van der Waals surface area contributed by atoms with E-state index in [4.69, 9.17) is 0 Å². The quantitative estimate of drug-likeness (QED) is 0.441. The number of thiophene rings is 1. The van der Waals surface area contributed by atoms with Crippen molar-refractivity contribution in [2.75, 3.05) is 37.6 Å². The van der Waals surface area contributed by atoms with Gasteiger partial charge in [0, 0.05) is 43.5 Å². The molecule has 0 N–H and O–H groups in total. The first-order valence-electron chi connectivity index (χ1n) is 10.0. The predicted octanol–water partition coefficient (Wildman–Crippen LogP) is 3.67. The van der Waals surface area contributed by atoms with E-state index >= 15 is 0 Å². The highest BCUT2D eigenvalue weighted by Crippen LogP contribution is 2.29. The molecule has 0 bridgehead atoms. The van der Waals surface area contributed by atoms with Crippen LogP contribution in [0.2, 0.25) is 0 Å². The van der Waals surface area contributed by atoms with E-state index in [0.717, 1.165) is 61.5 Å². The number of unbranched alkanes of at least 4 members (excludes halogenated alkanes) is 1. The van der Waals surface area contributed by atoms with Gasteiger partial charge < -0.3 is 4.90 Å². The lowest BCUT2D eigenvalue weighted by atomic mass is 10.2. The van der Waals surface area contributed by atoms with Crippen molar-refractivity contribution in [2.45, 2.75) is 19.4 Å². The summed E-state index contributed by atoms with van der Waals surface area (Å²) in [7, 11) is 0. The molecule has 1 aromatic carbocycles. The van der Waals surface area contributed by atoms with Crippen LogP contribution in [0.1, 0.15) is 12.8 Å². The Morgan fingerprint density at radius 1 is 1.00 bits per heavy atom. The topological polar surface area (TPSA) is 54.3 Å². The number of piperazine rings is 1. The van der Waals surface area contributed by atoms with E-state index in [1.165, 1.54) is 21.4 Å². The molecule has 150 valence electrons. The number of hydrogen-bond donors (Lipinski definition) is 0. The second kappa shape index (κ2) is 8.22. The largest absolute Gasteiger partial charge is 0.353 e. The molecule has 0 spiro atoms. The minimum atomic E-state index is 0.0432. The number of aryl methyl sites for hydroxylation is 1. The summed E-state index contributed by atoms with van der Waals surface area (Å²) in [5.74, 6) is 1.14. The van der Waals surface area contributed by atoms with Crippen LogP contribution >= 0.6 is 22.9 Å². The fourth-order valence-corrected chi connectivity index (χ4v) is 5.55. The summed E-state index contributed by atoms with van der Waals surface area (Å²) < 4.78 is 8.37. The monoisotopic (exact) mass is 425 g/mol. The summed E-state index contributed by atoms with van der Waals surface area (Å²) in [6.45, 7) is 5.92. The molecule has 4 heterocycles. The first kappa shape index (κ1) is 18.7. The highest BCUT2D eigenvalue weighted by Gasteiger charge is 2.20. The van der Waals surface area contributed by atoms with E-state index in [1.54, 1.807) is 22.4 Å². The molecule has 1 saturated heterocycles. The molecule has 1 aliphatic heterocycles. The second-order valence-electron chi connectivity index (χ2n) is 7.42.